The normalized spacial score (nSPS) is 16.2. The molecule has 0 radical (unpaired) electrons. The Morgan fingerprint density at radius 1 is 1.19 bits per heavy atom. The molecule has 0 aliphatic carbocycles. The van der Waals surface area contributed by atoms with E-state index in [1.54, 1.807) is 13.3 Å². The van der Waals surface area contributed by atoms with Crippen LogP contribution in [0.5, 0.6) is 5.88 Å². The summed E-state index contributed by atoms with van der Waals surface area (Å²) in [7, 11) is 1.64. The molecule has 7 heteroatoms. The number of hydrogen-bond donors (Lipinski definition) is 1. The van der Waals surface area contributed by atoms with Gasteiger partial charge in [-0.05, 0) is 35.3 Å². The van der Waals surface area contributed by atoms with Crippen LogP contribution in [0.4, 0.5) is 0 Å². The van der Waals surface area contributed by atoms with Gasteiger partial charge in [-0.15, -0.1) is 0 Å². The van der Waals surface area contributed by atoms with Crippen molar-refractivity contribution >= 4 is 17.4 Å². The third-order valence-corrected chi connectivity index (χ3v) is 5.55. The fourth-order valence-corrected chi connectivity index (χ4v) is 3.99. The zero-order chi connectivity index (χ0) is 21.0. The van der Waals surface area contributed by atoms with Gasteiger partial charge in [-0.25, -0.2) is 15.0 Å². The van der Waals surface area contributed by atoms with Crippen LogP contribution in [-0.2, 0) is 6.54 Å². The molecule has 3 aromatic rings. The summed E-state index contributed by atoms with van der Waals surface area (Å²) in [6.45, 7) is 4.27. The van der Waals surface area contributed by atoms with E-state index in [9.17, 15) is 0 Å². The van der Waals surface area contributed by atoms with E-state index < -0.39 is 0 Å². The van der Waals surface area contributed by atoms with E-state index in [1.165, 1.54) is 11.3 Å². The average molecular weight is 412 g/mol. The van der Waals surface area contributed by atoms with E-state index in [0.29, 0.717) is 5.88 Å². The molecule has 1 aromatic carbocycles. The fourth-order valence-electron chi connectivity index (χ4n) is 3.99. The smallest absolute Gasteiger partial charge is 0.213 e. The molecule has 0 spiro atoms. The summed E-state index contributed by atoms with van der Waals surface area (Å²) < 4.78 is 5.23. The number of methoxy groups -OCH3 is 1. The van der Waals surface area contributed by atoms with Gasteiger partial charge in [0.15, 0.2) is 5.82 Å². The topological polar surface area (TPSA) is 69.6 Å². The van der Waals surface area contributed by atoms with Crippen LogP contribution in [-0.4, -0.2) is 64.4 Å². The Kier molecular flexibility index (Phi) is 5.38. The van der Waals surface area contributed by atoms with Gasteiger partial charge < -0.3 is 14.6 Å². The summed E-state index contributed by atoms with van der Waals surface area (Å²) in [6, 6.07) is 12.0. The first-order chi connectivity index (χ1) is 15.3. The molecule has 5 rings (SSSR count). The highest BCUT2D eigenvalue weighted by atomic mass is 16.5. The number of hydrogen-bond acceptors (Lipinski definition) is 6. The molecule has 2 aliphatic heterocycles. The summed E-state index contributed by atoms with van der Waals surface area (Å²) in [5.41, 5.74) is 5.73. The van der Waals surface area contributed by atoms with E-state index >= 15 is 0 Å². The van der Waals surface area contributed by atoms with Gasteiger partial charge in [0.2, 0.25) is 5.88 Å². The van der Waals surface area contributed by atoms with Gasteiger partial charge in [-0.2, -0.15) is 0 Å². The van der Waals surface area contributed by atoms with Crippen molar-refractivity contribution in [2.45, 2.75) is 13.0 Å². The second-order valence-corrected chi connectivity index (χ2v) is 7.77. The zero-order valence-electron chi connectivity index (χ0n) is 17.5. The number of fused-ring (bicyclic) bond motifs is 1. The molecule has 0 atom stereocenters. The highest BCUT2D eigenvalue weighted by molar-refractivity contribution is 5.75. The molecule has 0 unspecified atom stereocenters. The summed E-state index contributed by atoms with van der Waals surface area (Å²) in [5.74, 6) is 7.81. The van der Waals surface area contributed by atoms with Gasteiger partial charge in [0.25, 0.3) is 0 Å². The average Bonchev–Trinajstić information content (AvgIpc) is 3.22. The molecule has 2 aliphatic rings. The van der Waals surface area contributed by atoms with Crippen molar-refractivity contribution in [1.82, 2.24) is 24.8 Å². The van der Waals surface area contributed by atoms with Crippen molar-refractivity contribution in [2.75, 3.05) is 33.3 Å². The standard InChI is InChI=1S/C24H24N6O/c1-31-24-13-18(8-10-25-24)14-30-16-19-15-29(12-9-20(19)26-17-30)11-4-7-23-27-21-5-2-3-6-22(21)28-23/h2-3,5-6,8,10,13,17H,9,11-12,14-16H2,1H3,(H,27,28). The molecule has 31 heavy (non-hydrogen) atoms. The van der Waals surface area contributed by atoms with Gasteiger partial charge in [0.05, 0.1) is 31.0 Å². The van der Waals surface area contributed by atoms with Crippen molar-refractivity contribution in [1.29, 1.82) is 0 Å². The molecule has 4 heterocycles. The monoisotopic (exact) mass is 412 g/mol. The molecular weight excluding hydrogens is 388 g/mol. The largest absolute Gasteiger partial charge is 0.481 e. The van der Waals surface area contributed by atoms with Gasteiger partial charge in [0, 0.05) is 50.6 Å². The Labute approximate surface area is 181 Å². The van der Waals surface area contributed by atoms with Crippen LogP contribution in [0.15, 0.2) is 58.9 Å². The van der Waals surface area contributed by atoms with Crippen LogP contribution in [0.1, 0.15) is 17.8 Å². The lowest BCUT2D eigenvalue weighted by molar-refractivity contribution is 0.300. The van der Waals surface area contributed by atoms with Gasteiger partial charge in [0.1, 0.15) is 0 Å². The Hall–Kier alpha value is -3.63. The van der Waals surface area contributed by atoms with E-state index in [1.807, 2.05) is 42.7 Å². The van der Waals surface area contributed by atoms with Crippen molar-refractivity contribution in [2.24, 2.45) is 4.99 Å². The number of H-pyrrole nitrogens is 1. The first-order valence-corrected chi connectivity index (χ1v) is 10.4. The van der Waals surface area contributed by atoms with E-state index in [-0.39, 0.29) is 0 Å². The summed E-state index contributed by atoms with van der Waals surface area (Å²) >= 11 is 0. The summed E-state index contributed by atoms with van der Waals surface area (Å²) in [6.07, 6.45) is 4.71. The molecule has 0 saturated carbocycles. The second kappa shape index (κ2) is 8.62. The molecule has 1 N–H and O–H groups in total. The number of aromatic amines is 1. The van der Waals surface area contributed by atoms with Gasteiger partial charge in [-0.3, -0.25) is 4.90 Å². The quantitative estimate of drug-likeness (QED) is 0.668. The molecule has 0 fully saturated rings. The number of benzene rings is 1. The zero-order valence-corrected chi connectivity index (χ0v) is 17.5. The Morgan fingerprint density at radius 3 is 3.03 bits per heavy atom. The molecule has 0 amide bonds. The minimum atomic E-state index is 0.637. The number of imidazole rings is 1. The van der Waals surface area contributed by atoms with Crippen molar-refractivity contribution in [3.05, 3.63) is 65.3 Å². The number of rotatable bonds is 4. The maximum Gasteiger partial charge on any atom is 0.213 e. The van der Waals surface area contributed by atoms with Crippen molar-refractivity contribution < 1.29 is 4.74 Å². The number of aromatic nitrogens is 3. The van der Waals surface area contributed by atoms with Crippen LogP contribution in [0.25, 0.3) is 11.0 Å². The van der Waals surface area contributed by atoms with Gasteiger partial charge in [-0.1, -0.05) is 18.1 Å². The molecule has 0 bridgehead atoms. The number of para-hydroxylation sites is 2. The molecule has 156 valence electrons. The molecule has 0 saturated heterocycles. The van der Waals surface area contributed by atoms with Crippen LogP contribution in [0.2, 0.25) is 0 Å². The van der Waals surface area contributed by atoms with E-state index in [4.69, 9.17) is 9.73 Å². The summed E-state index contributed by atoms with van der Waals surface area (Å²) in [5, 5.41) is 0. The van der Waals surface area contributed by atoms with Crippen molar-refractivity contribution in [3.8, 4) is 17.7 Å². The Bertz CT molecular complexity index is 1180. The number of ether oxygens (including phenoxy) is 1. The van der Waals surface area contributed by atoms with Crippen LogP contribution < -0.4 is 4.74 Å². The van der Waals surface area contributed by atoms with Crippen LogP contribution in [0, 0.1) is 11.8 Å². The number of nitrogens with one attached hydrogen (secondary N) is 1. The molecule has 2 aromatic heterocycles. The minimum Gasteiger partial charge on any atom is -0.481 e. The third-order valence-electron chi connectivity index (χ3n) is 5.55. The van der Waals surface area contributed by atoms with Crippen LogP contribution in [0.3, 0.4) is 0 Å². The van der Waals surface area contributed by atoms with E-state index in [2.05, 4.69) is 36.6 Å². The van der Waals surface area contributed by atoms with E-state index in [0.717, 1.165) is 61.6 Å². The lowest BCUT2D eigenvalue weighted by atomic mass is 10.0. The highest BCUT2D eigenvalue weighted by Crippen LogP contribution is 2.23. The van der Waals surface area contributed by atoms with Gasteiger partial charge >= 0.3 is 0 Å². The Morgan fingerprint density at radius 2 is 2.13 bits per heavy atom. The maximum atomic E-state index is 5.23. The third kappa shape index (κ3) is 4.44. The first-order valence-electron chi connectivity index (χ1n) is 10.4. The SMILES string of the molecule is COc1cc(CN2C=NC3=C(C2)CN(CC#Cc2nc4ccccc4[nH]2)CC3)ccn1. The lowest BCUT2D eigenvalue weighted by Crippen LogP contribution is -2.38. The minimum absolute atomic E-state index is 0.637. The number of pyridine rings is 1. The predicted octanol–water partition coefficient (Wildman–Crippen LogP) is 2.82. The highest BCUT2D eigenvalue weighted by Gasteiger charge is 2.22. The predicted molar refractivity (Wildman–Crippen MR) is 121 cm³/mol. The molecule has 7 nitrogen and oxygen atoms in total. The maximum absolute atomic E-state index is 5.23. The van der Waals surface area contributed by atoms with Crippen LogP contribution >= 0.6 is 0 Å². The van der Waals surface area contributed by atoms with Crippen molar-refractivity contribution in [3.63, 3.8) is 0 Å². The fraction of sp³-hybridized carbons (Fsp3) is 0.292. The Balaban J connectivity index is 1.20. The first kappa shape index (κ1) is 19.3. The number of aliphatic imine (C=N–C) groups is 1. The summed E-state index contributed by atoms with van der Waals surface area (Å²) in [4.78, 5) is 21.3. The lowest BCUT2D eigenvalue weighted by Gasteiger charge is -2.33. The number of nitrogens with zero attached hydrogens (tertiary/aromatic N) is 5. The second-order valence-electron chi connectivity index (χ2n) is 7.77. The molecular formula is C24H24N6O.